The summed E-state index contributed by atoms with van der Waals surface area (Å²) in [7, 11) is 0. The summed E-state index contributed by atoms with van der Waals surface area (Å²) in [5.74, 6) is 0. The summed E-state index contributed by atoms with van der Waals surface area (Å²) in [5.41, 5.74) is 6.03. The predicted octanol–water partition coefficient (Wildman–Crippen LogP) is 1.50. The Hall–Kier alpha value is -0.900. The van der Waals surface area contributed by atoms with Crippen LogP contribution in [0.1, 0.15) is 19.4 Å². The minimum Gasteiger partial charge on any atom is -0.376 e. The lowest BCUT2D eigenvalue weighted by Crippen LogP contribution is -2.39. The third-order valence-electron chi connectivity index (χ3n) is 1.97. The number of rotatable bonds is 6. The standard InChI is InChI=1S/C12H19NO2/c1-10(2)15-8-7-14-9-11-3-5-12(13)6-4-11/h3-6,10H,7-9,13H2,1-2H3/p+1. The minimum atomic E-state index is 0.277. The fraction of sp³-hybridized carbons (Fsp3) is 0.500. The van der Waals surface area contributed by atoms with E-state index in [0.29, 0.717) is 19.8 Å². The van der Waals surface area contributed by atoms with E-state index < -0.39 is 0 Å². The van der Waals surface area contributed by atoms with Crippen molar-refractivity contribution >= 4 is 5.69 Å². The summed E-state index contributed by atoms with van der Waals surface area (Å²) in [6, 6.07) is 8.05. The molecule has 84 valence electrons. The molecule has 1 aromatic carbocycles. The smallest absolute Gasteiger partial charge is 0.127 e. The van der Waals surface area contributed by atoms with Gasteiger partial charge in [-0.05, 0) is 31.5 Å². The van der Waals surface area contributed by atoms with Crippen LogP contribution in [-0.2, 0) is 16.1 Å². The zero-order valence-corrected chi connectivity index (χ0v) is 9.53. The summed E-state index contributed by atoms with van der Waals surface area (Å²) < 4.78 is 10.8. The van der Waals surface area contributed by atoms with Gasteiger partial charge in [-0.2, -0.15) is 0 Å². The molecule has 0 radical (unpaired) electrons. The summed E-state index contributed by atoms with van der Waals surface area (Å²) in [6.07, 6.45) is 0.277. The van der Waals surface area contributed by atoms with Crippen LogP contribution >= 0.6 is 0 Å². The number of hydrogen-bond acceptors (Lipinski definition) is 2. The second-order valence-electron chi connectivity index (χ2n) is 3.79. The van der Waals surface area contributed by atoms with Gasteiger partial charge >= 0.3 is 0 Å². The van der Waals surface area contributed by atoms with Gasteiger partial charge in [0.1, 0.15) is 5.69 Å². The Bertz CT molecular complexity index is 269. The molecule has 0 fully saturated rings. The molecule has 0 atom stereocenters. The van der Waals surface area contributed by atoms with Crippen molar-refractivity contribution < 1.29 is 15.2 Å². The molecular weight excluding hydrogens is 190 g/mol. The maximum Gasteiger partial charge on any atom is 0.127 e. The van der Waals surface area contributed by atoms with Crippen LogP contribution in [0, 0.1) is 0 Å². The topological polar surface area (TPSA) is 46.1 Å². The molecule has 3 N–H and O–H groups in total. The van der Waals surface area contributed by atoms with Crippen LogP contribution in [0.5, 0.6) is 0 Å². The van der Waals surface area contributed by atoms with E-state index in [1.807, 2.05) is 38.1 Å². The van der Waals surface area contributed by atoms with E-state index in [0.717, 1.165) is 5.69 Å². The molecule has 0 bridgehead atoms. The van der Waals surface area contributed by atoms with Crippen molar-refractivity contribution in [2.75, 3.05) is 13.2 Å². The second kappa shape index (κ2) is 6.56. The van der Waals surface area contributed by atoms with E-state index in [2.05, 4.69) is 5.73 Å². The van der Waals surface area contributed by atoms with Gasteiger partial charge in [0, 0.05) is 0 Å². The highest BCUT2D eigenvalue weighted by Gasteiger charge is 1.96. The minimum absolute atomic E-state index is 0.277. The number of hydrogen-bond donors (Lipinski definition) is 1. The van der Waals surface area contributed by atoms with Crippen LogP contribution in [0.15, 0.2) is 24.3 Å². The highest BCUT2D eigenvalue weighted by Crippen LogP contribution is 2.05. The fourth-order valence-electron chi connectivity index (χ4n) is 1.17. The first-order valence-electron chi connectivity index (χ1n) is 5.28. The van der Waals surface area contributed by atoms with Gasteiger partial charge in [0.15, 0.2) is 0 Å². The summed E-state index contributed by atoms with van der Waals surface area (Å²) in [6.45, 7) is 5.98. The van der Waals surface area contributed by atoms with Crippen LogP contribution < -0.4 is 5.73 Å². The van der Waals surface area contributed by atoms with E-state index in [9.17, 15) is 0 Å². The van der Waals surface area contributed by atoms with Gasteiger partial charge in [-0.3, -0.25) is 0 Å². The Morgan fingerprint density at radius 1 is 1.13 bits per heavy atom. The first-order chi connectivity index (χ1) is 7.18. The van der Waals surface area contributed by atoms with E-state index in [4.69, 9.17) is 9.47 Å². The second-order valence-corrected chi connectivity index (χ2v) is 3.79. The van der Waals surface area contributed by atoms with Crippen LogP contribution in [-0.4, -0.2) is 19.3 Å². The van der Waals surface area contributed by atoms with Gasteiger partial charge in [-0.1, -0.05) is 12.1 Å². The highest BCUT2D eigenvalue weighted by atomic mass is 16.5. The van der Waals surface area contributed by atoms with E-state index in [1.54, 1.807) is 0 Å². The Kier molecular flexibility index (Phi) is 5.32. The fourth-order valence-corrected chi connectivity index (χ4v) is 1.17. The maximum atomic E-state index is 5.46. The molecule has 0 saturated carbocycles. The van der Waals surface area contributed by atoms with Gasteiger partial charge in [0.2, 0.25) is 0 Å². The Morgan fingerprint density at radius 3 is 2.40 bits per heavy atom. The lowest BCUT2D eigenvalue weighted by atomic mass is 10.2. The average Bonchev–Trinajstić information content (AvgIpc) is 2.20. The van der Waals surface area contributed by atoms with Crippen molar-refractivity contribution in [3.8, 4) is 0 Å². The van der Waals surface area contributed by atoms with Crippen molar-refractivity contribution in [2.24, 2.45) is 0 Å². The van der Waals surface area contributed by atoms with Gasteiger partial charge < -0.3 is 15.2 Å². The number of benzene rings is 1. The van der Waals surface area contributed by atoms with Crippen LogP contribution in [0.3, 0.4) is 0 Å². The Labute approximate surface area is 91.2 Å². The third kappa shape index (κ3) is 5.52. The van der Waals surface area contributed by atoms with Gasteiger partial charge in [-0.25, -0.2) is 0 Å². The summed E-state index contributed by atoms with van der Waals surface area (Å²) >= 11 is 0. The maximum absolute atomic E-state index is 5.46. The first-order valence-corrected chi connectivity index (χ1v) is 5.28. The van der Waals surface area contributed by atoms with Crippen LogP contribution in [0.4, 0.5) is 5.69 Å². The molecule has 0 spiro atoms. The van der Waals surface area contributed by atoms with Crippen LogP contribution in [0.25, 0.3) is 0 Å². The molecule has 0 amide bonds. The molecule has 15 heavy (non-hydrogen) atoms. The van der Waals surface area contributed by atoms with Crippen molar-refractivity contribution in [1.82, 2.24) is 0 Å². The van der Waals surface area contributed by atoms with Crippen molar-refractivity contribution in [3.63, 3.8) is 0 Å². The largest absolute Gasteiger partial charge is 0.376 e. The van der Waals surface area contributed by atoms with Crippen LogP contribution in [0.2, 0.25) is 0 Å². The zero-order valence-electron chi connectivity index (χ0n) is 9.53. The Balaban J connectivity index is 2.12. The number of quaternary nitrogens is 1. The predicted molar refractivity (Wildman–Crippen MR) is 59.7 cm³/mol. The number of ether oxygens (including phenoxy) is 2. The van der Waals surface area contributed by atoms with Crippen molar-refractivity contribution in [1.29, 1.82) is 0 Å². The quantitative estimate of drug-likeness (QED) is 0.723. The molecule has 0 heterocycles. The van der Waals surface area contributed by atoms with Crippen molar-refractivity contribution in [2.45, 2.75) is 26.6 Å². The molecule has 0 aromatic heterocycles. The zero-order chi connectivity index (χ0) is 11.1. The third-order valence-corrected chi connectivity index (χ3v) is 1.97. The highest BCUT2D eigenvalue weighted by molar-refractivity contribution is 5.30. The molecule has 0 aliphatic carbocycles. The van der Waals surface area contributed by atoms with Gasteiger partial charge in [0.05, 0.1) is 25.9 Å². The SMILES string of the molecule is CC(C)OCCOCc1ccc([NH3+])cc1. The molecule has 1 rings (SSSR count). The summed E-state index contributed by atoms with van der Waals surface area (Å²) in [5, 5.41) is 0. The average molecular weight is 210 g/mol. The lowest BCUT2D eigenvalue weighted by molar-refractivity contribution is -0.254. The summed E-state index contributed by atoms with van der Waals surface area (Å²) in [4.78, 5) is 0. The van der Waals surface area contributed by atoms with Crippen molar-refractivity contribution in [3.05, 3.63) is 29.8 Å². The monoisotopic (exact) mass is 210 g/mol. The Morgan fingerprint density at radius 2 is 1.80 bits per heavy atom. The first kappa shape index (κ1) is 12.2. The molecular formula is C12H20NO2+. The van der Waals surface area contributed by atoms with E-state index in [-0.39, 0.29) is 6.10 Å². The molecule has 3 nitrogen and oxygen atoms in total. The molecule has 1 aromatic rings. The van der Waals surface area contributed by atoms with Gasteiger partial charge in [0.25, 0.3) is 0 Å². The van der Waals surface area contributed by atoms with E-state index in [1.165, 1.54) is 5.56 Å². The molecule has 0 saturated heterocycles. The lowest BCUT2D eigenvalue weighted by Gasteiger charge is -2.08. The molecule has 0 aliphatic rings. The molecule has 3 heteroatoms. The normalized spacial score (nSPS) is 10.9. The van der Waals surface area contributed by atoms with Gasteiger partial charge in [-0.15, -0.1) is 0 Å². The molecule has 0 unspecified atom stereocenters. The van der Waals surface area contributed by atoms with E-state index >= 15 is 0 Å². The molecule has 0 aliphatic heterocycles.